The molecule has 2 amide bonds. The number of nitrogens with zero attached hydrogens (tertiary/aromatic N) is 3. The summed E-state index contributed by atoms with van der Waals surface area (Å²) < 4.78 is 10.7. The van der Waals surface area contributed by atoms with Gasteiger partial charge in [0.25, 0.3) is 5.91 Å². The maximum atomic E-state index is 12.8. The Morgan fingerprint density at radius 3 is 2.52 bits per heavy atom. The highest BCUT2D eigenvalue weighted by atomic mass is 35.5. The van der Waals surface area contributed by atoms with E-state index in [2.05, 4.69) is 15.4 Å². The smallest absolute Gasteiger partial charge is 0.410 e. The van der Waals surface area contributed by atoms with Crippen LogP contribution >= 0.6 is 11.6 Å². The molecule has 0 aliphatic carbocycles. The molecule has 168 valence electrons. The second-order valence-corrected chi connectivity index (χ2v) is 8.91. The number of amides is 2. The van der Waals surface area contributed by atoms with E-state index >= 15 is 0 Å². The van der Waals surface area contributed by atoms with Crippen LogP contribution in [-0.2, 0) is 4.74 Å². The highest BCUT2D eigenvalue weighted by Gasteiger charge is 2.26. The van der Waals surface area contributed by atoms with Gasteiger partial charge in [-0.15, -0.1) is 0 Å². The van der Waals surface area contributed by atoms with Gasteiger partial charge >= 0.3 is 6.09 Å². The lowest BCUT2D eigenvalue weighted by Crippen LogP contribution is -2.51. The maximum absolute atomic E-state index is 12.8. The molecule has 1 aromatic carbocycles. The normalized spacial score (nSPS) is 15.1. The first kappa shape index (κ1) is 23.1. The number of benzene rings is 1. The van der Waals surface area contributed by atoms with E-state index in [4.69, 9.17) is 20.9 Å². The summed E-state index contributed by atoms with van der Waals surface area (Å²) >= 11 is 6.26. The van der Waals surface area contributed by atoms with Gasteiger partial charge in [0, 0.05) is 44.8 Å². The summed E-state index contributed by atoms with van der Waals surface area (Å²) in [5, 5.41) is 7.48. The maximum Gasteiger partial charge on any atom is 0.410 e. The number of rotatable bonds is 5. The molecule has 1 aliphatic rings. The lowest BCUT2D eigenvalue weighted by Gasteiger charge is -2.35. The Labute approximate surface area is 187 Å². The van der Waals surface area contributed by atoms with Crippen LogP contribution in [-0.4, -0.2) is 71.8 Å². The summed E-state index contributed by atoms with van der Waals surface area (Å²) in [5.74, 6) is 0.194. The van der Waals surface area contributed by atoms with Gasteiger partial charge in [0.05, 0.1) is 5.02 Å². The van der Waals surface area contributed by atoms with E-state index in [0.717, 1.165) is 13.1 Å². The van der Waals surface area contributed by atoms with Crippen LogP contribution in [0.25, 0.3) is 11.3 Å². The Balaban J connectivity index is 1.51. The summed E-state index contributed by atoms with van der Waals surface area (Å²) in [6.45, 7) is 11.1. The average Bonchev–Trinajstić information content (AvgIpc) is 3.08. The van der Waals surface area contributed by atoms with Crippen LogP contribution in [0.4, 0.5) is 4.79 Å². The second-order valence-electron chi connectivity index (χ2n) is 8.51. The van der Waals surface area contributed by atoms with Crippen LogP contribution in [0.5, 0.6) is 0 Å². The first-order valence-corrected chi connectivity index (χ1v) is 10.7. The van der Waals surface area contributed by atoms with Crippen molar-refractivity contribution in [3.8, 4) is 11.3 Å². The van der Waals surface area contributed by atoms with Crippen LogP contribution in [0.1, 0.15) is 36.9 Å². The molecule has 1 fully saturated rings. The number of hydrogen-bond acceptors (Lipinski definition) is 6. The molecule has 2 heterocycles. The largest absolute Gasteiger partial charge is 0.444 e. The minimum atomic E-state index is -0.499. The van der Waals surface area contributed by atoms with Crippen molar-refractivity contribution in [1.82, 2.24) is 20.3 Å². The average molecular weight is 449 g/mol. The van der Waals surface area contributed by atoms with Crippen molar-refractivity contribution < 1.29 is 18.8 Å². The highest BCUT2D eigenvalue weighted by Crippen LogP contribution is 2.30. The van der Waals surface area contributed by atoms with Gasteiger partial charge in [-0.2, -0.15) is 0 Å². The molecule has 9 heteroatoms. The number of ether oxygens (including phenoxy) is 1. The molecule has 1 N–H and O–H groups in total. The van der Waals surface area contributed by atoms with Crippen LogP contribution in [0.3, 0.4) is 0 Å². The van der Waals surface area contributed by atoms with Gasteiger partial charge in [0.2, 0.25) is 0 Å². The minimum absolute atomic E-state index is 0.249. The number of nitrogens with one attached hydrogen (secondary N) is 1. The Morgan fingerprint density at radius 2 is 1.87 bits per heavy atom. The van der Waals surface area contributed by atoms with Gasteiger partial charge in [-0.05, 0) is 33.8 Å². The minimum Gasteiger partial charge on any atom is -0.444 e. The van der Waals surface area contributed by atoms with E-state index in [9.17, 15) is 9.59 Å². The fourth-order valence-corrected chi connectivity index (χ4v) is 3.60. The number of carbonyl (C=O) groups excluding carboxylic acids is 2. The van der Waals surface area contributed by atoms with Crippen LogP contribution in [0, 0.1) is 6.92 Å². The van der Waals surface area contributed by atoms with Crippen molar-refractivity contribution in [2.45, 2.75) is 33.3 Å². The van der Waals surface area contributed by atoms with Gasteiger partial charge in [-0.25, -0.2) is 4.79 Å². The molecule has 0 bridgehead atoms. The number of aromatic nitrogens is 1. The Hall–Kier alpha value is -2.58. The first-order valence-electron chi connectivity index (χ1n) is 10.4. The molecule has 1 aliphatic heterocycles. The van der Waals surface area contributed by atoms with Crippen LogP contribution in [0.2, 0.25) is 5.02 Å². The lowest BCUT2D eigenvalue weighted by molar-refractivity contribution is 0.0147. The van der Waals surface area contributed by atoms with Gasteiger partial charge in [-0.3, -0.25) is 9.69 Å². The molecule has 0 unspecified atom stereocenters. The van der Waals surface area contributed by atoms with Crippen LogP contribution < -0.4 is 5.32 Å². The number of hydrogen-bond donors (Lipinski definition) is 1. The van der Waals surface area contributed by atoms with Crippen molar-refractivity contribution >= 4 is 23.6 Å². The second kappa shape index (κ2) is 9.70. The topological polar surface area (TPSA) is 87.9 Å². The van der Waals surface area contributed by atoms with Crippen molar-refractivity contribution in [3.63, 3.8) is 0 Å². The molecule has 0 spiro atoms. The number of aryl methyl sites for hydroxylation is 1. The summed E-state index contributed by atoms with van der Waals surface area (Å²) in [4.78, 5) is 28.9. The summed E-state index contributed by atoms with van der Waals surface area (Å²) in [5.41, 5.74) is 0.986. The number of carbonyl (C=O) groups is 2. The standard InChI is InChI=1S/C22H29ClN4O4/c1-15-18(19(25-31-15)16-7-5-6-8-17(16)23)20(28)24-9-10-26-11-13-27(14-12-26)21(29)30-22(2,3)4/h5-8H,9-14H2,1-4H3,(H,24,28). The Morgan fingerprint density at radius 1 is 1.19 bits per heavy atom. The van der Waals surface area contributed by atoms with Crippen molar-refractivity contribution in [2.24, 2.45) is 0 Å². The molecule has 0 saturated carbocycles. The predicted molar refractivity (Wildman–Crippen MR) is 118 cm³/mol. The van der Waals surface area contributed by atoms with Gasteiger partial charge in [-0.1, -0.05) is 35.0 Å². The zero-order valence-electron chi connectivity index (χ0n) is 18.4. The van der Waals surface area contributed by atoms with Crippen molar-refractivity contribution in [2.75, 3.05) is 39.3 Å². The molecule has 0 radical (unpaired) electrons. The number of piperazine rings is 1. The highest BCUT2D eigenvalue weighted by molar-refractivity contribution is 6.33. The Bertz CT molecular complexity index is 930. The van der Waals surface area contributed by atoms with Crippen molar-refractivity contribution in [1.29, 1.82) is 0 Å². The van der Waals surface area contributed by atoms with Gasteiger partial charge in [0.1, 0.15) is 22.6 Å². The Kier molecular flexibility index (Phi) is 7.23. The fourth-order valence-electron chi connectivity index (χ4n) is 3.37. The molecule has 3 rings (SSSR count). The van der Waals surface area contributed by atoms with E-state index in [-0.39, 0.29) is 12.0 Å². The van der Waals surface area contributed by atoms with E-state index in [1.807, 2.05) is 32.9 Å². The molecular formula is C22H29ClN4O4. The van der Waals surface area contributed by atoms with Gasteiger partial charge < -0.3 is 19.5 Å². The predicted octanol–water partition coefficient (Wildman–Crippen LogP) is 3.59. The monoisotopic (exact) mass is 448 g/mol. The summed E-state index contributed by atoms with van der Waals surface area (Å²) in [7, 11) is 0. The van der Waals surface area contributed by atoms with E-state index in [1.54, 1.807) is 24.0 Å². The molecule has 1 aromatic heterocycles. The zero-order chi connectivity index (χ0) is 22.6. The molecule has 1 saturated heterocycles. The third-order valence-corrected chi connectivity index (χ3v) is 5.29. The first-order chi connectivity index (χ1) is 14.7. The zero-order valence-corrected chi connectivity index (χ0v) is 19.2. The molecule has 2 aromatic rings. The molecular weight excluding hydrogens is 420 g/mol. The van der Waals surface area contributed by atoms with Crippen LogP contribution in [0.15, 0.2) is 28.8 Å². The molecule has 0 atom stereocenters. The van der Waals surface area contributed by atoms with E-state index in [1.165, 1.54) is 0 Å². The molecule has 31 heavy (non-hydrogen) atoms. The lowest BCUT2D eigenvalue weighted by atomic mass is 10.1. The fraction of sp³-hybridized carbons (Fsp3) is 0.500. The van der Waals surface area contributed by atoms with Gasteiger partial charge in [0.15, 0.2) is 0 Å². The summed E-state index contributed by atoms with van der Waals surface area (Å²) in [6.07, 6.45) is -0.282. The summed E-state index contributed by atoms with van der Waals surface area (Å²) in [6, 6.07) is 7.21. The van der Waals surface area contributed by atoms with E-state index in [0.29, 0.717) is 53.8 Å². The SMILES string of the molecule is Cc1onc(-c2ccccc2Cl)c1C(=O)NCCN1CCN(C(=O)OC(C)(C)C)CC1. The third-order valence-electron chi connectivity index (χ3n) is 4.96. The van der Waals surface area contributed by atoms with E-state index < -0.39 is 5.60 Å². The van der Waals surface area contributed by atoms with Crippen molar-refractivity contribution in [3.05, 3.63) is 40.6 Å². The molecule has 8 nitrogen and oxygen atoms in total. The quantitative estimate of drug-likeness (QED) is 0.752. The number of halogens is 1. The third kappa shape index (κ3) is 5.98.